The second-order valence-corrected chi connectivity index (χ2v) is 5.47. The lowest BCUT2D eigenvalue weighted by atomic mass is 10.1. The van der Waals surface area contributed by atoms with Crippen LogP contribution < -0.4 is 0 Å². The van der Waals surface area contributed by atoms with Crippen molar-refractivity contribution in [2.45, 2.75) is 6.92 Å². The van der Waals surface area contributed by atoms with Crippen molar-refractivity contribution in [2.75, 3.05) is 0 Å². The van der Waals surface area contributed by atoms with Gasteiger partial charge in [0.15, 0.2) is 0 Å². The molecule has 0 amide bonds. The van der Waals surface area contributed by atoms with Crippen LogP contribution in [-0.4, -0.2) is 15.6 Å². The number of nitrogens with zero attached hydrogens (tertiary/aromatic N) is 2. The van der Waals surface area contributed by atoms with Gasteiger partial charge < -0.3 is 0 Å². The lowest BCUT2D eigenvalue weighted by Gasteiger charge is -2.04. The Kier molecular flexibility index (Phi) is 3.49. The van der Waals surface area contributed by atoms with Gasteiger partial charge in [-0.1, -0.05) is 28.1 Å². The molecule has 0 spiro atoms. The van der Waals surface area contributed by atoms with Gasteiger partial charge in [0, 0.05) is 17.1 Å². The first-order chi connectivity index (χ1) is 8.00. The van der Waals surface area contributed by atoms with Crippen LogP contribution >= 0.6 is 31.9 Å². The number of aryl methyl sites for hydroxylation is 2. The summed E-state index contributed by atoms with van der Waals surface area (Å²) in [6, 6.07) is 5.57. The minimum absolute atomic E-state index is 0.0439. The SMILES string of the molecule is Cc1ccc(C(=O)c2c(Br)cnn2C)cc1Br. The normalized spacial score (nSPS) is 10.6. The molecule has 0 aliphatic carbocycles. The molecule has 0 atom stereocenters. The highest BCUT2D eigenvalue weighted by molar-refractivity contribution is 9.10. The Hall–Kier alpha value is -0.940. The molecule has 2 aromatic rings. The van der Waals surface area contributed by atoms with E-state index in [-0.39, 0.29) is 5.78 Å². The number of hydrogen-bond donors (Lipinski definition) is 0. The molecule has 88 valence electrons. The van der Waals surface area contributed by atoms with E-state index in [1.165, 1.54) is 0 Å². The number of hydrogen-bond acceptors (Lipinski definition) is 2. The average molecular weight is 358 g/mol. The fraction of sp³-hybridized carbons (Fsp3) is 0.167. The maximum absolute atomic E-state index is 12.3. The van der Waals surface area contributed by atoms with E-state index < -0.39 is 0 Å². The summed E-state index contributed by atoms with van der Waals surface area (Å²) in [6.07, 6.45) is 1.62. The van der Waals surface area contributed by atoms with Crippen LogP contribution in [-0.2, 0) is 7.05 Å². The molecule has 0 radical (unpaired) electrons. The minimum Gasteiger partial charge on any atom is -0.287 e. The number of rotatable bonds is 2. The number of carbonyl (C=O) groups is 1. The molecule has 0 aliphatic heterocycles. The molecular formula is C12H10Br2N2O. The van der Waals surface area contributed by atoms with Crippen LogP contribution in [0.25, 0.3) is 0 Å². The van der Waals surface area contributed by atoms with Gasteiger partial charge in [-0.3, -0.25) is 9.48 Å². The Bertz CT molecular complexity index is 571. The van der Waals surface area contributed by atoms with Gasteiger partial charge in [0.1, 0.15) is 5.69 Å². The first-order valence-corrected chi connectivity index (χ1v) is 6.57. The van der Waals surface area contributed by atoms with Gasteiger partial charge in [0.2, 0.25) is 5.78 Å². The molecule has 0 saturated heterocycles. The number of carbonyl (C=O) groups excluding carboxylic acids is 1. The lowest BCUT2D eigenvalue weighted by Crippen LogP contribution is -2.09. The quantitative estimate of drug-likeness (QED) is 0.771. The van der Waals surface area contributed by atoms with E-state index in [2.05, 4.69) is 37.0 Å². The molecule has 1 aromatic carbocycles. The summed E-state index contributed by atoms with van der Waals surface area (Å²) in [5.41, 5.74) is 2.30. The zero-order valence-electron chi connectivity index (χ0n) is 9.37. The Balaban J connectivity index is 2.48. The van der Waals surface area contributed by atoms with Crippen molar-refractivity contribution in [3.05, 3.63) is 50.2 Å². The van der Waals surface area contributed by atoms with Gasteiger partial charge >= 0.3 is 0 Å². The molecule has 0 unspecified atom stereocenters. The highest BCUT2D eigenvalue weighted by Crippen LogP contribution is 2.22. The van der Waals surface area contributed by atoms with Crippen molar-refractivity contribution < 1.29 is 4.79 Å². The Morgan fingerprint density at radius 3 is 2.53 bits per heavy atom. The molecule has 0 saturated carbocycles. The molecule has 2 rings (SSSR count). The van der Waals surface area contributed by atoms with Crippen LogP contribution in [0.2, 0.25) is 0 Å². The third-order valence-corrected chi connectivity index (χ3v) is 3.98. The smallest absolute Gasteiger partial charge is 0.212 e. The van der Waals surface area contributed by atoms with E-state index >= 15 is 0 Å². The number of halogens is 2. The molecular weight excluding hydrogens is 348 g/mol. The van der Waals surface area contributed by atoms with Crippen LogP contribution in [0.15, 0.2) is 33.3 Å². The molecule has 1 aromatic heterocycles. The molecule has 17 heavy (non-hydrogen) atoms. The summed E-state index contributed by atoms with van der Waals surface area (Å²) in [7, 11) is 1.75. The van der Waals surface area contributed by atoms with Gasteiger partial charge in [-0.15, -0.1) is 0 Å². The maximum Gasteiger partial charge on any atom is 0.212 e. The zero-order chi connectivity index (χ0) is 12.6. The van der Waals surface area contributed by atoms with E-state index in [1.54, 1.807) is 17.9 Å². The number of benzene rings is 1. The van der Waals surface area contributed by atoms with Crippen molar-refractivity contribution in [3.63, 3.8) is 0 Å². The number of aromatic nitrogens is 2. The molecule has 0 bridgehead atoms. The summed E-state index contributed by atoms with van der Waals surface area (Å²) in [5.74, 6) is -0.0439. The van der Waals surface area contributed by atoms with Crippen molar-refractivity contribution in [1.29, 1.82) is 0 Å². The first kappa shape index (κ1) is 12.5. The Morgan fingerprint density at radius 1 is 1.29 bits per heavy atom. The monoisotopic (exact) mass is 356 g/mol. The maximum atomic E-state index is 12.3. The number of ketones is 1. The van der Waals surface area contributed by atoms with Crippen molar-refractivity contribution in [2.24, 2.45) is 7.05 Å². The average Bonchev–Trinajstić information content (AvgIpc) is 2.62. The van der Waals surface area contributed by atoms with E-state index in [4.69, 9.17) is 0 Å². The molecule has 5 heteroatoms. The predicted molar refractivity (Wildman–Crippen MR) is 73.2 cm³/mol. The summed E-state index contributed by atoms with van der Waals surface area (Å²) in [4.78, 5) is 12.3. The second-order valence-electron chi connectivity index (χ2n) is 3.76. The van der Waals surface area contributed by atoms with Gasteiger partial charge in [0.05, 0.1) is 10.7 Å². The third kappa shape index (κ3) is 2.35. The zero-order valence-corrected chi connectivity index (χ0v) is 12.5. The van der Waals surface area contributed by atoms with E-state index in [0.29, 0.717) is 15.7 Å². The van der Waals surface area contributed by atoms with Crippen LogP contribution in [0.1, 0.15) is 21.6 Å². The predicted octanol–water partition coefficient (Wildman–Crippen LogP) is 3.48. The van der Waals surface area contributed by atoms with Gasteiger partial charge in [0.25, 0.3) is 0 Å². The summed E-state index contributed by atoms with van der Waals surface area (Å²) < 4.78 is 3.21. The van der Waals surface area contributed by atoms with E-state index in [9.17, 15) is 4.79 Å². The Labute approximate surface area is 116 Å². The fourth-order valence-electron chi connectivity index (χ4n) is 1.54. The Morgan fingerprint density at radius 2 is 2.00 bits per heavy atom. The van der Waals surface area contributed by atoms with Crippen LogP contribution in [0.5, 0.6) is 0 Å². The first-order valence-electron chi connectivity index (χ1n) is 4.99. The van der Waals surface area contributed by atoms with Gasteiger partial charge in [-0.05, 0) is 34.5 Å². The van der Waals surface area contributed by atoms with Crippen molar-refractivity contribution >= 4 is 37.6 Å². The van der Waals surface area contributed by atoms with Gasteiger partial charge in [-0.2, -0.15) is 5.10 Å². The third-order valence-electron chi connectivity index (χ3n) is 2.54. The second kappa shape index (κ2) is 4.74. The molecule has 0 N–H and O–H groups in total. The minimum atomic E-state index is -0.0439. The van der Waals surface area contributed by atoms with Crippen molar-refractivity contribution in [3.8, 4) is 0 Å². The van der Waals surface area contributed by atoms with Crippen LogP contribution in [0.4, 0.5) is 0 Å². The van der Waals surface area contributed by atoms with Crippen molar-refractivity contribution in [1.82, 2.24) is 9.78 Å². The summed E-state index contributed by atoms with van der Waals surface area (Å²) in [6.45, 7) is 1.98. The standard InChI is InChI=1S/C12H10Br2N2O/c1-7-3-4-8(5-9(7)13)12(17)11-10(14)6-15-16(11)2/h3-6H,1-2H3. The van der Waals surface area contributed by atoms with Gasteiger partial charge in [-0.25, -0.2) is 0 Å². The van der Waals surface area contributed by atoms with Crippen LogP contribution in [0, 0.1) is 6.92 Å². The molecule has 1 heterocycles. The topological polar surface area (TPSA) is 34.9 Å². The highest BCUT2D eigenvalue weighted by atomic mass is 79.9. The fourth-order valence-corrected chi connectivity index (χ4v) is 2.44. The highest BCUT2D eigenvalue weighted by Gasteiger charge is 2.17. The largest absolute Gasteiger partial charge is 0.287 e. The molecule has 0 aliphatic rings. The molecule has 3 nitrogen and oxygen atoms in total. The summed E-state index contributed by atoms with van der Waals surface area (Å²) in [5, 5.41) is 4.04. The molecule has 0 fully saturated rings. The van der Waals surface area contributed by atoms with E-state index in [0.717, 1.165) is 10.0 Å². The summed E-state index contributed by atoms with van der Waals surface area (Å²) >= 11 is 6.76. The van der Waals surface area contributed by atoms with Crippen LogP contribution in [0.3, 0.4) is 0 Å². The lowest BCUT2D eigenvalue weighted by molar-refractivity contribution is 0.102. The van der Waals surface area contributed by atoms with E-state index in [1.807, 2.05) is 25.1 Å².